The van der Waals surface area contributed by atoms with E-state index >= 15 is 0 Å². The summed E-state index contributed by atoms with van der Waals surface area (Å²) in [5.41, 5.74) is 0. The van der Waals surface area contributed by atoms with Crippen LogP contribution < -0.4 is 0 Å². The average Bonchev–Trinajstić information content (AvgIpc) is 2.14. The van der Waals surface area contributed by atoms with E-state index in [1.807, 2.05) is 4.90 Å². The molecule has 1 N–H and O–H groups in total. The van der Waals surface area contributed by atoms with Gasteiger partial charge in [-0.1, -0.05) is 6.08 Å². The molecule has 0 radical (unpaired) electrons. The second-order valence-corrected chi connectivity index (χ2v) is 2.68. The van der Waals surface area contributed by atoms with Crippen LogP contribution in [0.15, 0.2) is 12.7 Å². The molecule has 0 aliphatic carbocycles. The molecule has 0 aromatic heterocycles. The molecule has 0 unspecified atom stereocenters. The van der Waals surface area contributed by atoms with E-state index in [-0.39, 0.29) is 19.1 Å². The molecule has 0 aliphatic rings. The molecule has 13 heavy (non-hydrogen) atoms. The minimum absolute atomic E-state index is 0.134. The molecule has 0 amide bonds. The third-order valence-corrected chi connectivity index (χ3v) is 1.60. The lowest BCUT2D eigenvalue weighted by atomic mass is 10.3. The van der Waals surface area contributed by atoms with Crippen molar-refractivity contribution in [2.75, 3.05) is 33.4 Å². The van der Waals surface area contributed by atoms with Gasteiger partial charge in [-0.15, -0.1) is 6.58 Å². The Kier molecular flexibility index (Phi) is 7.24. The number of esters is 1. The molecule has 0 bridgehead atoms. The quantitative estimate of drug-likeness (QED) is 0.451. The molecule has 4 heteroatoms. The lowest BCUT2D eigenvalue weighted by Crippen LogP contribution is -2.32. The van der Waals surface area contributed by atoms with Gasteiger partial charge in [-0.05, 0) is 6.42 Å². The van der Waals surface area contributed by atoms with Gasteiger partial charge in [0.1, 0.15) is 0 Å². The van der Waals surface area contributed by atoms with Gasteiger partial charge >= 0.3 is 5.97 Å². The molecule has 4 nitrogen and oxygen atoms in total. The Hall–Kier alpha value is -0.870. The van der Waals surface area contributed by atoms with Crippen molar-refractivity contribution in [2.24, 2.45) is 0 Å². The Morgan fingerprint density at radius 2 is 2.38 bits per heavy atom. The van der Waals surface area contributed by atoms with Gasteiger partial charge in [-0.3, -0.25) is 9.69 Å². The van der Waals surface area contributed by atoms with Crippen molar-refractivity contribution in [3.63, 3.8) is 0 Å². The van der Waals surface area contributed by atoms with Gasteiger partial charge in [0.15, 0.2) is 0 Å². The number of aliphatic hydroxyl groups is 1. The Labute approximate surface area is 78.8 Å². The number of hydrogen-bond donors (Lipinski definition) is 1. The molecule has 0 saturated heterocycles. The van der Waals surface area contributed by atoms with Gasteiger partial charge in [-0.25, -0.2) is 0 Å². The van der Waals surface area contributed by atoms with E-state index in [2.05, 4.69) is 11.3 Å². The van der Waals surface area contributed by atoms with Gasteiger partial charge < -0.3 is 9.84 Å². The standard InChI is InChI=1S/C9H17NO3/c1-3-5-10(6-4-7-11)8-9(12)13-2/h3,11H,1,4-8H2,2H3. The fourth-order valence-corrected chi connectivity index (χ4v) is 0.959. The summed E-state index contributed by atoms with van der Waals surface area (Å²) in [6.45, 7) is 5.28. The molecule has 0 heterocycles. The zero-order chi connectivity index (χ0) is 10.1. The first-order valence-corrected chi connectivity index (χ1v) is 4.25. The fourth-order valence-electron chi connectivity index (χ4n) is 0.959. The number of aliphatic hydroxyl groups excluding tert-OH is 1. The van der Waals surface area contributed by atoms with E-state index in [1.165, 1.54) is 7.11 Å². The maximum absolute atomic E-state index is 10.9. The monoisotopic (exact) mass is 187 g/mol. The summed E-state index contributed by atoms with van der Waals surface area (Å²) in [6, 6.07) is 0. The van der Waals surface area contributed by atoms with Gasteiger partial charge in [0, 0.05) is 19.7 Å². The number of nitrogens with zero attached hydrogens (tertiary/aromatic N) is 1. The van der Waals surface area contributed by atoms with Crippen LogP contribution in [0, 0.1) is 0 Å². The van der Waals surface area contributed by atoms with Gasteiger partial charge in [-0.2, -0.15) is 0 Å². The molecule has 0 saturated carbocycles. The molecule has 0 aromatic rings. The minimum atomic E-state index is -0.264. The van der Waals surface area contributed by atoms with Crippen molar-refractivity contribution in [3.8, 4) is 0 Å². The summed E-state index contributed by atoms with van der Waals surface area (Å²) in [6.07, 6.45) is 2.38. The highest BCUT2D eigenvalue weighted by Gasteiger charge is 2.08. The Morgan fingerprint density at radius 3 is 2.85 bits per heavy atom. The molecular formula is C9H17NO3. The largest absolute Gasteiger partial charge is 0.468 e. The van der Waals surface area contributed by atoms with E-state index in [9.17, 15) is 4.79 Å². The summed E-state index contributed by atoms with van der Waals surface area (Å²) in [7, 11) is 1.36. The number of carbonyl (C=O) groups is 1. The van der Waals surface area contributed by atoms with Crippen LogP contribution in [0.2, 0.25) is 0 Å². The summed E-state index contributed by atoms with van der Waals surface area (Å²) < 4.78 is 4.53. The van der Waals surface area contributed by atoms with E-state index in [0.29, 0.717) is 19.5 Å². The zero-order valence-corrected chi connectivity index (χ0v) is 8.03. The van der Waals surface area contributed by atoms with Crippen LogP contribution in [-0.2, 0) is 9.53 Å². The molecule has 0 aliphatic heterocycles. The number of methoxy groups -OCH3 is 1. The maximum atomic E-state index is 10.9. The summed E-state index contributed by atoms with van der Waals surface area (Å²) in [5, 5.41) is 8.61. The molecule has 0 aromatic carbocycles. The van der Waals surface area contributed by atoms with Crippen molar-refractivity contribution < 1.29 is 14.6 Å². The van der Waals surface area contributed by atoms with Crippen LogP contribution in [0.4, 0.5) is 0 Å². The predicted octanol–water partition coefficient (Wildman–Crippen LogP) is 0.0298. The van der Waals surface area contributed by atoms with Crippen LogP contribution >= 0.6 is 0 Å². The lowest BCUT2D eigenvalue weighted by molar-refractivity contribution is -0.141. The maximum Gasteiger partial charge on any atom is 0.319 e. The van der Waals surface area contributed by atoms with Crippen molar-refractivity contribution in [1.29, 1.82) is 0 Å². The summed E-state index contributed by atoms with van der Waals surface area (Å²) >= 11 is 0. The summed E-state index contributed by atoms with van der Waals surface area (Å²) in [4.78, 5) is 12.8. The number of hydrogen-bond acceptors (Lipinski definition) is 4. The highest BCUT2D eigenvalue weighted by Crippen LogP contribution is 1.92. The third-order valence-electron chi connectivity index (χ3n) is 1.60. The second-order valence-electron chi connectivity index (χ2n) is 2.68. The smallest absolute Gasteiger partial charge is 0.319 e. The highest BCUT2D eigenvalue weighted by atomic mass is 16.5. The average molecular weight is 187 g/mol. The lowest BCUT2D eigenvalue weighted by Gasteiger charge is -2.18. The van der Waals surface area contributed by atoms with Crippen molar-refractivity contribution in [2.45, 2.75) is 6.42 Å². The molecule has 0 spiro atoms. The predicted molar refractivity (Wildman–Crippen MR) is 50.4 cm³/mol. The first-order valence-electron chi connectivity index (χ1n) is 4.25. The minimum Gasteiger partial charge on any atom is -0.468 e. The van der Waals surface area contributed by atoms with Crippen LogP contribution in [0.5, 0.6) is 0 Å². The van der Waals surface area contributed by atoms with Crippen molar-refractivity contribution in [1.82, 2.24) is 4.90 Å². The van der Waals surface area contributed by atoms with Crippen LogP contribution in [0.1, 0.15) is 6.42 Å². The van der Waals surface area contributed by atoms with E-state index in [4.69, 9.17) is 5.11 Å². The second kappa shape index (κ2) is 7.76. The normalized spacial score (nSPS) is 10.1. The molecular weight excluding hydrogens is 170 g/mol. The molecule has 0 fully saturated rings. The van der Waals surface area contributed by atoms with Gasteiger partial charge in [0.25, 0.3) is 0 Å². The van der Waals surface area contributed by atoms with E-state index in [0.717, 1.165) is 0 Å². The Morgan fingerprint density at radius 1 is 1.69 bits per heavy atom. The Bertz CT molecular complexity index is 159. The van der Waals surface area contributed by atoms with Gasteiger partial charge in [0.2, 0.25) is 0 Å². The number of rotatable bonds is 7. The molecule has 0 atom stereocenters. The number of ether oxygens (including phenoxy) is 1. The first-order chi connectivity index (χ1) is 6.24. The van der Waals surface area contributed by atoms with Crippen molar-refractivity contribution in [3.05, 3.63) is 12.7 Å². The fraction of sp³-hybridized carbons (Fsp3) is 0.667. The number of carbonyl (C=O) groups excluding carboxylic acids is 1. The SMILES string of the molecule is C=CCN(CCCO)CC(=O)OC. The molecule has 76 valence electrons. The molecule has 0 rings (SSSR count). The zero-order valence-electron chi connectivity index (χ0n) is 8.03. The summed E-state index contributed by atoms with van der Waals surface area (Å²) in [5.74, 6) is -0.264. The van der Waals surface area contributed by atoms with E-state index in [1.54, 1.807) is 6.08 Å². The van der Waals surface area contributed by atoms with Gasteiger partial charge in [0.05, 0.1) is 13.7 Å². The van der Waals surface area contributed by atoms with Crippen molar-refractivity contribution >= 4 is 5.97 Å². The Balaban J connectivity index is 3.78. The van der Waals surface area contributed by atoms with Crippen LogP contribution in [0.25, 0.3) is 0 Å². The van der Waals surface area contributed by atoms with E-state index < -0.39 is 0 Å². The van der Waals surface area contributed by atoms with Crippen LogP contribution in [-0.4, -0.2) is 49.3 Å². The third kappa shape index (κ3) is 6.31. The van der Waals surface area contributed by atoms with Crippen LogP contribution in [0.3, 0.4) is 0 Å². The highest BCUT2D eigenvalue weighted by molar-refractivity contribution is 5.71. The topological polar surface area (TPSA) is 49.8 Å². The first kappa shape index (κ1) is 12.1.